The van der Waals surface area contributed by atoms with Gasteiger partial charge in [-0.1, -0.05) is 0 Å². The smallest absolute Gasteiger partial charge is 0.367 e. The monoisotopic (exact) mass is 165 g/mol. The molecule has 2 nitrogen and oxygen atoms in total. The van der Waals surface area contributed by atoms with E-state index in [9.17, 15) is 13.2 Å². The summed E-state index contributed by atoms with van der Waals surface area (Å²) in [5, 5.41) is 0. The average molecular weight is 165 g/mol. The first kappa shape index (κ1) is 8.39. The molecule has 0 bridgehead atoms. The molecule has 2 radical (unpaired) electrons. The van der Waals surface area contributed by atoms with Gasteiger partial charge in [0.1, 0.15) is 12.6 Å². The summed E-state index contributed by atoms with van der Waals surface area (Å²) in [7, 11) is 1.58. The van der Waals surface area contributed by atoms with Crippen LogP contribution in [0.1, 0.15) is 0 Å². The van der Waals surface area contributed by atoms with Gasteiger partial charge in [-0.3, -0.25) is 4.74 Å². The van der Waals surface area contributed by atoms with Crippen molar-refractivity contribution in [1.82, 2.24) is 4.90 Å². The minimum absolute atomic E-state index is 1.10. The molecule has 0 aliphatic carbocycles. The van der Waals surface area contributed by atoms with Crippen molar-refractivity contribution in [2.24, 2.45) is 0 Å². The molecule has 1 heterocycles. The maximum atomic E-state index is 11.5. The Labute approximate surface area is 62.2 Å². The zero-order chi connectivity index (χ0) is 8.48. The highest BCUT2D eigenvalue weighted by atomic mass is 19.4. The summed E-state index contributed by atoms with van der Waals surface area (Å²) in [6.45, 7) is 2.39. The van der Waals surface area contributed by atoms with Crippen LogP contribution in [0.25, 0.3) is 0 Å². The summed E-state index contributed by atoms with van der Waals surface area (Å²) in [5.41, 5.74) is 0. The van der Waals surface area contributed by atoms with Crippen molar-refractivity contribution in [3.05, 3.63) is 18.8 Å². The minimum atomic E-state index is -4.59. The Bertz CT molecular complexity index is 166. The normalized spacial score (nSPS) is 24.7. The first-order chi connectivity index (χ1) is 4.97. The van der Waals surface area contributed by atoms with Gasteiger partial charge in [0.2, 0.25) is 0 Å². The van der Waals surface area contributed by atoms with E-state index in [-0.39, 0.29) is 0 Å². The average Bonchev–Trinajstić information content (AvgIpc) is 2.10. The number of rotatable bonds is 1. The van der Waals surface area contributed by atoms with Gasteiger partial charge in [0.05, 0.1) is 0 Å². The van der Waals surface area contributed by atoms with Gasteiger partial charge in [-0.2, -0.15) is 0 Å². The Morgan fingerprint density at radius 1 is 1.55 bits per heavy atom. The van der Waals surface area contributed by atoms with Gasteiger partial charge in [0.25, 0.3) is 0 Å². The van der Waals surface area contributed by atoms with Crippen LogP contribution in [0, 0.1) is 6.54 Å². The number of halogens is 3. The number of alkyl halides is 3. The summed E-state index contributed by atoms with van der Waals surface area (Å²) < 4.78 is 38.2. The van der Waals surface area contributed by atoms with Crippen molar-refractivity contribution in [2.45, 2.75) is 12.5 Å². The van der Waals surface area contributed by atoms with Crippen LogP contribution in [0.4, 0.5) is 13.2 Å². The summed E-state index contributed by atoms with van der Waals surface area (Å²) in [5.74, 6) is 0. The van der Waals surface area contributed by atoms with Gasteiger partial charge in [-0.05, 0) is 12.3 Å². The summed E-state index contributed by atoms with van der Waals surface area (Å²) in [6, 6.07) is 0. The van der Waals surface area contributed by atoms with Crippen LogP contribution in [0.5, 0.6) is 0 Å². The van der Waals surface area contributed by atoms with Crippen LogP contribution in [0.3, 0.4) is 0 Å². The van der Waals surface area contributed by atoms with Crippen molar-refractivity contribution in [2.75, 3.05) is 7.05 Å². The van der Waals surface area contributed by atoms with Crippen molar-refractivity contribution in [1.29, 1.82) is 0 Å². The SMILES string of the molecule is CN1[C]C(OC(F)(F)F)C=C1. The van der Waals surface area contributed by atoms with Crippen LogP contribution in [0.15, 0.2) is 12.3 Å². The van der Waals surface area contributed by atoms with E-state index >= 15 is 0 Å². The number of hydrogen-bond acceptors (Lipinski definition) is 2. The predicted octanol–water partition coefficient (Wildman–Crippen LogP) is 1.39. The third-order valence-corrected chi connectivity index (χ3v) is 1.08. The van der Waals surface area contributed by atoms with Gasteiger partial charge in [0, 0.05) is 7.05 Å². The van der Waals surface area contributed by atoms with E-state index in [4.69, 9.17) is 0 Å². The lowest BCUT2D eigenvalue weighted by Crippen LogP contribution is -2.23. The molecule has 0 saturated carbocycles. The molecule has 0 aromatic rings. The third kappa shape index (κ3) is 2.80. The molecule has 1 aliphatic rings. The molecule has 1 rings (SSSR count). The molecule has 0 amide bonds. The number of nitrogens with zero attached hydrogens (tertiary/aromatic N) is 1. The molecule has 1 aliphatic heterocycles. The molecule has 5 heteroatoms. The van der Waals surface area contributed by atoms with E-state index in [2.05, 4.69) is 11.3 Å². The molecule has 0 spiro atoms. The van der Waals surface area contributed by atoms with E-state index < -0.39 is 12.5 Å². The van der Waals surface area contributed by atoms with E-state index in [1.54, 1.807) is 7.05 Å². The highest BCUT2D eigenvalue weighted by molar-refractivity contribution is 5.05. The first-order valence-corrected chi connectivity index (χ1v) is 2.89. The van der Waals surface area contributed by atoms with Crippen LogP contribution in [0.2, 0.25) is 0 Å². The van der Waals surface area contributed by atoms with Crippen molar-refractivity contribution >= 4 is 0 Å². The maximum Gasteiger partial charge on any atom is 0.523 e. The fraction of sp³-hybridized carbons (Fsp3) is 0.500. The van der Waals surface area contributed by atoms with Gasteiger partial charge < -0.3 is 4.90 Å². The largest absolute Gasteiger partial charge is 0.523 e. The second-order valence-electron chi connectivity index (χ2n) is 2.07. The highest BCUT2D eigenvalue weighted by Gasteiger charge is 2.34. The predicted molar refractivity (Wildman–Crippen MR) is 31.1 cm³/mol. The number of hydrogen-bond donors (Lipinski definition) is 0. The Kier molecular flexibility index (Phi) is 2.08. The van der Waals surface area contributed by atoms with Crippen LogP contribution >= 0.6 is 0 Å². The summed E-state index contributed by atoms with van der Waals surface area (Å²) in [4.78, 5) is 1.39. The first-order valence-electron chi connectivity index (χ1n) is 2.89. The molecule has 0 aromatic carbocycles. The molecule has 0 aromatic heterocycles. The van der Waals surface area contributed by atoms with Gasteiger partial charge in [-0.25, -0.2) is 0 Å². The molecular formula is C6H6F3NO. The van der Waals surface area contributed by atoms with Crippen molar-refractivity contribution in [3.8, 4) is 0 Å². The Morgan fingerprint density at radius 3 is 2.55 bits per heavy atom. The zero-order valence-corrected chi connectivity index (χ0v) is 5.72. The maximum absolute atomic E-state index is 11.5. The van der Waals surface area contributed by atoms with Crippen molar-refractivity contribution in [3.63, 3.8) is 0 Å². The van der Waals surface area contributed by atoms with Crippen LogP contribution in [-0.2, 0) is 4.74 Å². The molecule has 0 saturated heterocycles. The molecule has 0 fully saturated rings. The van der Waals surface area contributed by atoms with Crippen LogP contribution < -0.4 is 0 Å². The Morgan fingerprint density at radius 2 is 2.18 bits per heavy atom. The van der Waals surface area contributed by atoms with Crippen LogP contribution in [-0.4, -0.2) is 24.4 Å². The lowest BCUT2D eigenvalue weighted by molar-refractivity contribution is -0.332. The molecule has 1 unspecified atom stereocenters. The lowest BCUT2D eigenvalue weighted by Gasteiger charge is -2.12. The second kappa shape index (κ2) is 2.73. The Hall–Kier alpha value is -0.710. The van der Waals surface area contributed by atoms with Gasteiger partial charge in [0.15, 0.2) is 0 Å². The second-order valence-corrected chi connectivity index (χ2v) is 2.07. The third-order valence-electron chi connectivity index (χ3n) is 1.08. The number of ether oxygens (including phenoxy) is 1. The highest BCUT2D eigenvalue weighted by Crippen LogP contribution is 2.23. The molecule has 11 heavy (non-hydrogen) atoms. The Balaban J connectivity index is 2.36. The lowest BCUT2D eigenvalue weighted by atomic mass is 10.4. The van der Waals surface area contributed by atoms with E-state index in [1.165, 1.54) is 17.2 Å². The van der Waals surface area contributed by atoms with Gasteiger partial charge >= 0.3 is 6.36 Å². The van der Waals surface area contributed by atoms with E-state index in [1.807, 2.05) is 0 Å². The van der Waals surface area contributed by atoms with E-state index in [0.29, 0.717) is 0 Å². The number of likely N-dealkylation sites (N-methyl/N-ethyl adjacent to an activating group) is 1. The van der Waals surface area contributed by atoms with Crippen molar-refractivity contribution < 1.29 is 17.9 Å². The molecular weight excluding hydrogens is 159 g/mol. The fourth-order valence-corrected chi connectivity index (χ4v) is 0.704. The zero-order valence-electron chi connectivity index (χ0n) is 5.72. The summed E-state index contributed by atoms with van der Waals surface area (Å²) in [6.07, 6.45) is -2.96. The standard InChI is InChI=1S/C6H6F3NO/c1-10-3-2-5(4-10)11-6(7,8)9/h2-3,5H,1H3. The van der Waals surface area contributed by atoms with E-state index in [0.717, 1.165) is 0 Å². The minimum Gasteiger partial charge on any atom is -0.367 e. The fourth-order valence-electron chi connectivity index (χ4n) is 0.704. The topological polar surface area (TPSA) is 12.5 Å². The molecule has 62 valence electrons. The molecule has 1 atom stereocenters. The van der Waals surface area contributed by atoms with Gasteiger partial charge in [-0.15, -0.1) is 13.2 Å². The summed E-state index contributed by atoms with van der Waals surface area (Å²) >= 11 is 0. The quantitative estimate of drug-likeness (QED) is 0.582. The molecule has 0 N–H and O–H groups in total.